The fraction of sp³-hybridized carbons (Fsp3) is 0.167. The second kappa shape index (κ2) is 4.47. The zero-order valence-corrected chi connectivity index (χ0v) is 10.6. The Morgan fingerprint density at radius 2 is 2.16 bits per heavy atom. The van der Waals surface area contributed by atoms with Crippen molar-refractivity contribution in [3.8, 4) is 0 Å². The molecule has 1 amide bonds. The summed E-state index contributed by atoms with van der Waals surface area (Å²) in [4.78, 5) is 22.6. The average Bonchev–Trinajstić information content (AvgIpc) is 2.55. The van der Waals surface area contributed by atoms with Crippen molar-refractivity contribution in [1.82, 2.24) is 5.32 Å². The molecular weight excluding hydrogens is 274 g/mol. The van der Waals surface area contributed by atoms with Crippen LogP contribution in [0.4, 0.5) is 4.79 Å². The highest BCUT2D eigenvalue weighted by molar-refractivity contribution is 6.30. The van der Waals surface area contributed by atoms with Crippen LogP contribution in [0.15, 0.2) is 35.9 Å². The zero-order chi connectivity index (χ0) is 14.2. The van der Waals surface area contributed by atoms with Gasteiger partial charge in [0, 0.05) is 10.6 Å². The molecule has 1 aromatic rings. The Morgan fingerprint density at radius 1 is 1.47 bits per heavy atom. The van der Waals surface area contributed by atoms with Crippen LogP contribution in [-0.4, -0.2) is 22.1 Å². The quantitative estimate of drug-likeness (QED) is 0.773. The standard InChI is InChI=1S/C12H10ClNO5/c1-12(6-3-2-4-7(13)5-6)9(16)8(15)10(19-12)14-11(17)18/h2-5,14-15H,1H3,(H,17,18). The van der Waals surface area contributed by atoms with Gasteiger partial charge in [-0.3, -0.25) is 10.1 Å². The van der Waals surface area contributed by atoms with E-state index in [-0.39, 0.29) is 0 Å². The van der Waals surface area contributed by atoms with Gasteiger partial charge >= 0.3 is 6.09 Å². The van der Waals surface area contributed by atoms with Gasteiger partial charge in [-0.05, 0) is 19.1 Å². The van der Waals surface area contributed by atoms with Gasteiger partial charge in [-0.1, -0.05) is 23.7 Å². The Balaban J connectivity index is 2.39. The van der Waals surface area contributed by atoms with E-state index >= 15 is 0 Å². The predicted octanol–water partition coefficient (Wildman–Crippen LogP) is 2.15. The minimum Gasteiger partial charge on any atom is -0.501 e. The highest BCUT2D eigenvalue weighted by Gasteiger charge is 2.48. The second-order valence-corrected chi connectivity index (χ2v) is 4.52. The molecule has 0 saturated heterocycles. The van der Waals surface area contributed by atoms with Crippen LogP contribution in [0, 0.1) is 0 Å². The van der Waals surface area contributed by atoms with E-state index in [4.69, 9.17) is 21.4 Å². The molecule has 1 atom stereocenters. The third-order valence-corrected chi connectivity index (χ3v) is 3.00. The van der Waals surface area contributed by atoms with Gasteiger partial charge in [0.05, 0.1) is 0 Å². The number of carboxylic acid groups (broad SMARTS) is 1. The molecular formula is C12H10ClNO5. The lowest BCUT2D eigenvalue weighted by Crippen LogP contribution is -2.32. The van der Waals surface area contributed by atoms with E-state index in [1.165, 1.54) is 13.0 Å². The number of nitrogens with one attached hydrogen (secondary N) is 1. The van der Waals surface area contributed by atoms with Crippen LogP contribution in [-0.2, 0) is 15.1 Å². The fourth-order valence-electron chi connectivity index (χ4n) is 1.78. The number of benzene rings is 1. The van der Waals surface area contributed by atoms with Crippen LogP contribution < -0.4 is 5.32 Å². The number of aliphatic hydroxyl groups excluding tert-OH is 1. The summed E-state index contributed by atoms with van der Waals surface area (Å²) in [5, 5.41) is 20.4. The number of ether oxygens (including phenoxy) is 1. The number of halogens is 1. The Hall–Kier alpha value is -2.21. The number of amides is 1. The van der Waals surface area contributed by atoms with Crippen molar-refractivity contribution >= 4 is 23.5 Å². The lowest BCUT2D eigenvalue weighted by molar-refractivity contribution is -0.131. The lowest BCUT2D eigenvalue weighted by atomic mass is 9.92. The maximum Gasteiger partial charge on any atom is 0.411 e. The fourth-order valence-corrected chi connectivity index (χ4v) is 1.98. The van der Waals surface area contributed by atoms with Crippen molar-refractivity contribution in [2.24, 2.45) is 0 Å². The number of ketones is 1. The third kappa shape index (κ3) is 2.22. The molecule has 100 valence electrons. The van der Waals surface area contributed by atoms with Gasteiger partial charge in [0.15, 0.2) is 5.60 Å². The Labute approximate surface area is 113 Å². The van der Waals surface area contributed by atoms with Crippen LogP contribution >= 0.6 is 11.6 Å². The summed E-state index contributed by atoms with van der Waals surface area (Å²) >= 11 is 5.84. The van der Waals surface area contributed by atoms with Gasteiger partial charge in [0.2, 0.25) is 11.6 Å². The highest BCUT2D eigenvalue weighted by atomic mass is 35.5. The molecule has 0 aromatic heterocycles. The summed E-state index contributed by atoms with van der Waals surface area (Å²) < 4.78 is 5.25. The third-order valence-electron chi connectivity index (χ3n) is 2.77. The van der Waals surface area contributed by atoms with Gasteiger partial charge in [0.1, 0.15) is 0 Å². The average molecular weight is 284 g/mol. The number of rotatable bonds is 2. The molecule has 0 fully saturated rings. The minimum atomic E-state index is -1.51. The molecule has 1 aromatic carbocycles. The molecule has 0 bridgehead atoms. The van der Waals surface area contributed by atoms with E-state index in [0.29, 0.717) is 10.6 Å². The molecule has 1 aliphatic heterocycles. The van der Waals surface area contributed by atoms with Gasteiger partial charge in [-0.2, -0.15) is 0 Å². The van der Waals surface area contributed by atoms with Gasteiger partial charge < -0.3 is 14.9 Å². The highest BCUT2D eigenvalue weighted by Crippen LogP contribution is 2.37. The first kappa shape index (κ1) is 13.2. The second-order valence-electron chi connectivity index (χ2n) is 4.08. The van der Waals surface area contributed by atoms with Gasteiger partial charge in [-0.15, -0.1) is 0 Å². The van der Waals surface area contributed by atoms with Crippen molar-refractivity contribution in [3.63, 3.8) is 0 Å². The molecule has 0 radical (unpaired) electrons. The van der Waals surface area contributed by atoms with Gasteiger partial charge in [0.25, 0.3) is 5.78 Å². The van der Waals surface area contributed by atoms with Crippen molar-refractivity contribution in [3.05, 3.63) is 46.5 Å². The molecule has 7 heteroatoms. The Bertz CT molecular complexity index is 598. The molecule has 2 rings (SSSR count). The summed E-state index contributed by atoms with van der Waals surface area (Å²) in [5.74, 6) is -1.98. The molecule has 6 nitrogen and oxygen atoms in total. The van der Waals surface area contributed by atoms with Crippen molar-refractivity contribution in [2.45, 2.75) is 12.5 Å². The van der Waals surface area contributed by atoms with E-state index in [1.54, 1.807) is 18.2 Å². The Kier molecular flexibility index (Phi) is 3.11. The smallest absolute Gasteiger partial charge is 0.411 e. The summed E-state index contributed by atoms with van der Waals surface area (Å²) in [6.07, 6.45) is -1.44. The summed E-state index contributed by atoms with van der Waals surface area (Å²) in [6, 6.07) is 6.36. The van der Waals surface area contributed by atoms with Crippen LogP contribution in [0.25, 0.3) is 0 Å². The first-order chi connectivity index (χ1) is 8.84. The first-order valence-electron chi connectivity index (χ1n) is 5.27. The maximum atomic E-state index is 12.0. The van der Waals surface area contributed by atoms with E-state index in [2.05, 4.69) is 0 Å². The largest absolute Gasteiger partial charge is 0.501 e. The number of carbonyl (C=O) groups excluding carboxylic acids is 1. The van der Waals surface area contributed by atoms with Crippen molar-refractivity contribution in [1.29, 1.82) is 0 Å². The molecule has 3 N–H and O–H groups in total. The van der Waals surface area contributed by atoms with E-state index in [1.807, 2.05) is 5.32 Å². The van der Waals surface area contributed by atoms with Crippen molar-refractivity contribution in [2.75, 3.05) is 0 Å². The van der Waals surface area contributed by atoms with E-state index < -0.39 is 29.1 Å². The topological polar surface area (TPSA) is 95.9 Å². The van der Waals surface area contributed by atoms with Crippen LogP contribution in [0.3, 0.4) is 0 Å². The zero-order valence-electron chi connectivity index (χ0n) is 9.81. The van der Waals surface area contributed by atoms with Crippen molar-refractivity contribution < 1.29 is 24.5 Å². The molecule has 1 aliphatic rings. The van der Waals surface area contributed by atoms with Crippen LogP contribution in [0.1, 0.15) is 12.5 Å². The van der Waals surface area contributed by atoms with Crippen LogP contribution in [0.2, 0.25) is 5.02 Å². The summed E-state index contributed by atoms with van der Waals surface area (Å²) in [6.45, 7) is 1.42. The molecule has 0 spiro atoms. The molecule has 1 heterocycles. The number of hydrogen-bond donors (Lipinski definition) is 3. The Morgan fingerprint density at radius 3 is 2.74 bits per heavy atom. The SMILES string of the molecule is CC1(c2cccc(Cl)c2)OC(NC(=O)O)=C(O)C1=O. The molecule has 19 heavy (non-hydrogen) atoms. The summed E-state index contributed by atoms with van der Waals surface area (Å²) in [5.41, 5.74) is -1.09. The molecule has 0 aliphatic carbocycles. The molecule has 1 unspecified atom stereocenters. The normalized spacial score (nSPS) is 22.3. The van der Waals surface area contributed by atoms with Gasteiger partial charge in [-0.25, -0.2) is 4.79 Å². The maximum absolute atomic E-state index is 12.0. The monoisotopic (exact) mass is 283 g/mol. The first-order valence-corrected chi connectivity index (χ1v) is 5.65. The predicted molar refractivity (Wildman–Crippen MR) is 65.7 cm³/mol. The molecule has 0 saturated carbocycles. The summed E-state index contributed by atoms with van der Waals surface area (Å²) in [7, 11) is 0. The van der Waals surface area contributed by atoms with Crippen LogP contribution in [0.5, 0.6) is 0 Å². The van der Waals surface area contributed by atoms with E-state index in [0.717, 1.165) is 0 Å². The number of hydrogen-bond acceptors (Lipinski definition) is 4. The number of carbonyl (C=O) groups is 2. The number of aliphatic hydroxyl groups is 1. The van der Waals surface area contributed by atoms with E-state index in [9.17, 15) is 14.7 Å². The lowest BCUT2D eigenvalue weighted by Gasteiger charge is -2.23. The number of Topliss-reactive ketones (excluding diaryl/α,β-unsaturated/α-hetero) is 1. The minimum absolute atomic E-state index is 0.397.